The average molecular weight is 415 g/mol. The zero-order valence-corrected chi connectivity index (χ0v) is 17.4. The van der Waals surface area contributed by atoms with Gasteiger partial charge in [-0.3, -0.25) is 15.0 Å². The molecule has 0 N–H and O–H groups in total. The first-order valence-corrected chi connectivity index (χ1v) is 10.5. The van der Waals surface area contributed by atoms with Crippen LogP contribution in [0.15, 0.2) is 116 Å². The van der Waals surface area contributed by atoms with E-state index in [4.69, 9.17) is 4.74 Å². The highest BCUT2D eigenvalue weighted by atomic mass is 16.5. The molecule has 4 nitrogen and oxygen atoms in total. The zero-order valence-electron chi connectivity index (χ0n) is 17.4. The van der Waals surface area contributed by atoms with Crippen molar-refractivity contribution in [1.29, 1.82) is 0 Å². The van der Waals surface area contributed by atoms with E-state index in [0.29, 0.717) is 6.61 Å². The lowest BCUT2D eigenvalue weighted by Crippen LogP contribution is -1.98. The third-order valence-electron chi connectivity index (χ3n) is 5.18. The highest BCUT2D eigenvalue weighted by Crippen LogP contribution is 2.34. The summed E-state index contributed by atoms with van der Waals surface area (Å²) < 4.78 is 6.18. The molecule has 0 fully saturated rings. The van der Waals surface area contributed by atoms with Crippen molar-refractivity contribution < 1.29 is 4.74 Å². The van der Waals surface area contributed by atoms with Crippen molar-refractivity contribution in [3.05, 3.63) is 121 Å². The smallest absolute Gasteiger partial charge is 0.129 e. The largest absolute Gasteiger partial charge is 0.488 e. The zero-order chi connectivity index (χ0) is 21.6. The first-order valence-electron chi connectivity index (χ1n) is 10.5. The molecule has 0 aliphatic heterocycles. The SMILES string of the molecule is c1ccc(COc2ccc(-c3ccc(-c4ccccn4)nc3)cc2-c2ccccn2)cc1. The Morgan fingerprint density at radius 2 is 1.25 bits per heavy atom. The summed E-state index contributed by atoms with van der Waals surface area (Å²) in [4.78, 5) is 13.5. The van der Waals surface area contributed by atoms with Crippen LogP contribution in [0.2, 0.25) is 0 Å². The molecular weight excluding hydrogens is 394 g/mol. The molecule has 32 heavy (non-hydrogen) atoms. The fourth-order valence-electron chi connectivity index (χ4n) is 3.52. The molecular formula is C28H21N3O. The Kier molecular flexibility index (Phi) is 5.66. The van der Waals surface area contributed by atoms with Crippen LogP contribution in [0.5, 0.6) is 5.75 Å². The molecule has 0 bridgehead atoms. The molecule has 0 unspecified atom stereocenters. The van der Waals surface area contributed by atoms with Crippen LogP contribution in [0.4, 0.5) is 0 Å². The van der Waals surface area contributed by atoms with Crippen LogP contribution in [0, 0.1) is 0 Å². The summed E-state index contributed by atoms with van der Waals surface area (Å²) in [5.41, 5.74) is 6.73. The number of nitrogens with zero attached hydrogens (tertiary/aromatic N) is 3. The van der Waals surface area contributed by atoms with Gasteiger partial charge < -0.3 is 4.74 Å². The van der Waals surface area contributed by atoms with Gasteiger partial charge in [-0.05, 0) is 53.6 Å². The molecule has 5 rings (SSSR count). The van der Waals surface area contributed by atoms with Gasteiger partial charge in [0.25, 0.3) is 0 Å². The first-order chi connectivity index (χ1) is 15.9. The summed E-state index contributed by atoms with van der Waals surface area (Å²) in [6.45, 7) is 0.500. The Morgan fingerprint density at radius 1 is 0.562 bits per heavy atom. The molecule has 0 saturated heterocycles. The molecule has 0 atom stereocenters. The van der Waals surface area contributed by atoms with Crippen LogP contribution in [-0.2, 0) is 6.61 Å². The summed E-state index contributed by atoms with van der Waals surface area (Å²) in [5.74, 6) is 0.800. The maximum atomic E-state index is 6.18. The van der Waals surface area contributed by atoms with E-state index in [0.717, 1.165) is 45.1 Å². The maximum Gasteiger partial charge on any atom is 0.129 e. The van der Waals surface area contributed by atoms with E-state index in [2.05, 4.69) is 45.3 Å². The van der Waals surface area contributed by atoms with Crippen LogP contribution >= 0.6 is 0 Å². The van der Waals surface area contributed by atoms with Gasteiger partial charge in [0.2, 0.25) is 0 Å². The van der Waals surface area contributed by atoms with Crippen LogP contribution < -0.4 is 4.74 Å². The van der Waals surface area contributed by atoms with Gasteiger partial charge in [-0.25, -0.2) is 0 Å². The third-order valence-corrected chi connectivity index (χ3v) is 5.18. The topological polar surface area (TPSA) is 47.9 Å². The second-order valence-electron chi connectivity index (χ2n) is 7.35. The predicted molar refractivity (Wildman–Crippen MR) is 127 cm³/mol. The number of rotatable bonds is 6. The molecule has 154 valence electrons. The van der Waals surface area contributed by atoms with Gasteiger partial charge in [0.1, 0.15) is 12.4 Å². The van der Waals surface area contributed by atoms with Gasteiger partial charge in [-0.2, -0.15) is 0 Å². The number of ether oxygens (including phenoxy) is 1. The van der Waals surface area contributed by atoms with Crippen LogP contribution in [0.25, 0.3) is 33.8 Å². The van der Waals surface area contributed by atoms with Crippen LogP contribution in [-0.4, -0.2) is 15.0 Å². The molecule has 4 heteroatoms. The Bertz CT molecular complexity index is 1290. The molecule has 0 aliphatic rings. The van der Waals surface area contributed by atoms with E-state index < -0.39 is 0 Å². The predicted octanol–water partition coefficient (Wildman–Crippen LogP) is 6.45. The average Bonchev–Trinajstić information content (AvgIpc) is 2.89. The Hall–Kier alpha value is -4.31. The summed E-state index contributed by atoms with van der Waals surface area (Å²) >= 11 is 0. The lowest BCUT2D eigenvalue weighted by molar-refractivity contribution is 0.307. The minimum absolute atomic E-state index is 0.500. The fourth-order valence-corrected chi connectivity index (χ4v) is 3.52. The normalized spacial score (nSPS) is 10.6. The quantitative estimate of drug-likeness (QED) is 0.320. The van der Waals surface area contributed by atoms with Gasteiger partial charge in [0, 0.05) is 29.7 Å². The molecule has 0 radical (unpaired) electrons. The van der Waals surface area contributed by atoms with Gasteiger partial charge in [0.05, 0.1) is 17.1 Å². The first kappa shape index (κ1) is 19.6. The summed E-state index contributed by atoms with van der Waals surface area (Å²) in [6, 6.07) is 32.1. The second kappa shape index (κ2) is 9.23. The highest BCUT2D eigenvalue weighted by molar-refractivity contribution is 5.76. The molecule has 5 aromatic rings. The van der Waals surface area contributed by atoms with Crippen molar-refractivity contribution in [1.82, 2.24) is 15.0 Å². The molecule has 3 aromatic heterocycles. The molecule has 0 amide bonds. The van der Waals surface area contributed by atoms with E-state index in [1.54, 1.807) is 12.4 Å². The number of benzene rings is 2. The van der Waals surface area contributed by atoms with E-state index in [1.165, 1.54) is 0 Å². The molecule has 0 aliphatic carbocycles. The Labute approximate surface area is 187 Å². The summed E-state index contributed by atoms with van der Waals surface area (Å²) in [6.07, 6.45) is 5.45. The van der Waals surface area contributed by atoms with E-state index in [-0.39, 0.29) is 0 Å². The van der Waals surface area contributed by atoms with Crippen molar-refractivity contribution in [3.63, 3.8) is 0 Å². The molecule has 3 heterocycles. The standard InChI is InChI=1S/C28H21N3O/c1-2-8-21(9-3-1)20-32-28-15-13-22(18-24(28)25-10-4-6-16-29-25)23-12-14-27(31-19-23)26-11-5-7-17-30-26/h1-19H,20H2. The van der Waals surface area contributed by atoms with Crippen LogP contribution in [0.1, 0.15) is 5.56 Å². The van der Waals surface area contributed by atoms with E-state index in [1.807, 2.05) is 72.9 Å². The van der Waals surface area contributed by atoms with Crippen molar-refractivity contribution in [3.8, 4) is 39.5 Å². The summed E-state index contributed by atoms with van der Waals surface area (Å²) in [5, 5.41) is 0. The highest BCUT2D eigenvalue weighted by Gasteiger charge is 2.11. The lowest BCUT2D eigenvalue weighted by atomic mass is 10.0. The number of aromatic nitrogens is 3. The molecule has 0 spiro atoms. The maximum absolute atomic E-state index is 6.18. The van der Waals surface area contributed by atoms with Crippen molar-refractivity contribution in [2.75, 3.05) is 0 Å². The van der Waals surface area contributed by atoms with Crippen molar-refractivity contribution in [2.45, 2.75) is 6.61 Å². The van der Waals surface area contributed by atoms with Crippen molar-refractivity contribution >= 4 is 0 Å². The van der Waals surface area contributed by atoms with Gasteiger partial charge in [0.15, 0.2) is 0 Å². The van der Waals surface area contributed by atoms with Crippen LogP contribution in [0.3, 0.4) is 0 Å². The fraction of sp³-hybridized carbons (Fsp3) is 0.0357. The third kappa shape index (κ3) is 4.40. The van der Waals surface area contributed by atoms with E-state index >= 15 is 0 Å². The van der Waals surface area contributed by atoms with Gasteiger partial charge >= 0.3 is 0 Å². The summed E-state index contributed by atoms with van der Waals surface area (Å²) in [7, 11) is 0. The molecule has 2 aromatic carbocycles. The Morgan fingerprint density at radius 3 is 1.94 bits per heavy atom. The molecule has 0 saturated carbocycles. The minimum Gasteiger partial charge on any atom is -0.488 e. The van der Waals surface area contributed by atoms with Gasteiger partial charge in [-0.1, -0.05) is 54.6 Å². The van der Waals surface area contributed by atoms with E-state index in [9.17, 15) is 0 Å². The Balaban J connectivity index is 1.47. The lowest BCUT2D eigenvalue weighted by Gasteiger charge is -2.13. The monoisotopic (exact) mass is 415 g/mol. The van der Waals surface area contributed by atoms with Gasteiger partial charge in [-0.15, -0.1) is 0 Å². The second-order valence-corrected chi connectivity index (χ2v) is 7.35. The number of pyridine rings is 3. The number of hydrogen-bond acceptors (Lipinski definition) is 4. The number of hydrogen-bond donors (Lipinski definition) is 0. The minimum atomic E-state index is 0.500. The van der Waals surface area contributed by atoms with Crippen molar-refractivity contribution in [2.24, 2.45) is 0 Å².